The molecule has 1 aromatic heterocycles. The van der Waals surface area contributed by atoms with E-state index >= 15 is 0 Å². The lowest BCUT2D eigenvalue weighted by Gasteiger charge is -1.93. The molecular weight excluding hydrogens is 134 g/mol. The van der Waals surface area contributed by atoms with Gasteiger partial charge in [0.05, 0.1) is 0 Å². The predicted molar refractivity (Wildman–Crippen MR) is 39.0 cm³/mol. The highest BCUT2D eigenvalue weighted by molar-refractivity contribution is 7.71. The van der Waals surface area contributed by atoms with Gasteiger partial charge in [-0.05, 0) is 12.1 Å². The lowest BCUT2D eigenvalue weighted by Crippen LogP contribution is -1.92. The molecule has 0 spiro atoms. The van der Waals surface area contributed by atoms with Crippen LogP contribution in [0.1, 0.15) is 0 Å². The van der Waals surface area contributed by atoms with Crippen LogP contribution >= 0.6 is 12.2 Å². The molecular formula is C5H7N3S. The van der Waals surface area contributed by atoms with Crippen LogP contribution in [-0.2, 0) is 0 Å². The van der Waals surface area contributed by atoms with E-state index in [2.05, 4.69) is 15.5 Å². The Morgan fingerprint density at radius 1 is 1.67 bits per heavy atom. The summed E-state index contributed by atoms with van der Waals surface area (Å²) in [5.74, 6) is 0.795. The Hall–Kier alpha value is -0.900. The second kappa shape index (κ2) is 2.59. The molecule has 0 aliphatic heterocycles. The monoisotopic (exact) mass is 141 g/mol. The Morgan fingerprint density at radius 3 is 2.89 bits per heavy atom. The van der Waals surface area contributed by atoms with E-state index in [1.807, 2.05) is 6.07 Å². The molecule has 1 heterocycles. The van der Waals surface area contributed by atoms with E-state index in [-0.39, 0.29) is 0 Å². The zero-order valence-electron chi connectivity index (χ0n) is 5.01. The quantitative estimate of drug-likeness (QED) is 0.577. The van der Waals surface area contributed by atoms with Crippen LogP contribution in [0.15, 0.2) is 12.1 Å². The Labute approximate surface area is 58.1 Å². The Bertz CT molecular complexity index is 222. The fourth-order valence-corrected chi connectivity index (χ4v) is 0.597. The summed E-state index contributed by atoms with van der Waals surface area (Å²) in [6.45, 7) is 0. The van der Waals surface area contributed by atoms with Gasteiger partial charge in [0, 0.05) is 7.05 Å². The van der Waals surface area contributed by atoms with Crippen LogP contribution in [0, 0.1) is 4.64 Å². The van der Waals surface area contributed by atoms with Gasteiger partial charge in [-0.3, -0.25) is 5.10 Å². The number of aromatic amines is 1. The lowest BCUT2D eigenvalue weighted by molar-refractivity contribution is 1.02. The van der Waals surface area contributed by atoms with Crippen molar-refractivity contribution >= 4 is 18.0 Å². The minimum absolute atomic E-state index is 0.647. The molecule has 9 heavy (non-hydrogen) atoms. The summed E-state index contributed by atoms with van der Waals surface area (Å²) in [6.07, 6.45) is 0. The number of aromatic nitrogens is 2. The van der Waals surface area contributed by atoms with Gasteiger partial charge in [-0.25, -0.2) is 0 Å². The third-order valence-corrected chi connectivity index (χ3v) is 1.16. The summed E-state index contributed by atoms with van der Waals surface area (Å²) in [5.41, 5.74) is 0. The third-order valence-electron chi connectivity index (χ3n) is 0.935. The highest BCUT2D eigenvalue weighted by atomic mass is 32.1. The number of rotatable bonds is 1. The molecule has 0 aromatic carbocycles. The van der Waals surface area contributed by atoms with Gasteiger partial charge in [-0.15, -0.1) is 0 Å². The summed E-state index contributed by atoms with van der Waals surface area (Å²) < 4.78 is 0.647. The number of hydrogen-bond acceptors (Lipinski definition) is 3. The molecule has 0 atom stereocenters. The SMILES string of the molecule is CNc1ccc(=S)[nH]n1. The summed E-state index contributed by atoms with van der Waals surface area (Å²) in [6, 6.07) is 3.60. The molecule has 0 fully saturated rings. The van der Waals surface area contributed by atoms with Crippen LogP contribution < -0.4 is 5.32 Å². The fraction of sp³-hybridized carbons (Fsp3) is 0.200. The van der Waals surface area contributed by atoms with Crippen LogP contribution in [0.2, 0.25) is 0 Å². The van der Waals surface area contributed by atoms with Crippen molar-refractivity contribution < 1.29 is 0 Å². The van der Waals surface area contributed by atoms with Gasteiger partial charge in [-0.2, -0.15) is 5.10 Å². The van der Waals surface area contributed by atoms with Gasteiger partial charge in [-0.1, -0.05) is 12.2 Å². The largest absolute Gasteiger partial charge is 0.372 e. The van der Waals surface area contributed by atoms with Crippen LogP contribution in [0.4, 0.5) is 5.82 Å². The maximum absolute atomic E-state index is 4.77. The fourth-order valence-electron chi connectivity index (χ4n) is 0.484. The first-order chi connectivity index (χ1) is 4.33. The lowest BCUT2D eigenvalue weighted by atomic mass is 10.5. The Morgan fingerprint density at radius 2 is 2.44 bits per heavy atom. The molecule has 1 aromatic rings. The van der Waals surface area contributed by atoms with Crippen molar-refractivity contribution in [2.75, 3.05) is 12.4 Å². The zero-order chi connectivity index (χ0) is 6.69. The first-order valence-corrected chi connectivity index (χ1v) is 2.97. The molecule has 0 saturated heterocycles. The van der Waals surface area contributed by atoms with Crippen molar-refractivity contribution in [2.45, 2.75) is 0 Å². The van der Waals surface area contributed by atoms with Crippen molar-refractivity contribution in [3.63, 3.8) is 0 Å². The van der Waals surface area contributed by atoms with Crippen LogP contribution in [-0.4, -0.2) is 17.2 Å². The van der Waals surface area contributed by atoms with Gasteiger partial charge in [0.25, 0.3) is 0 Å². The first-order valence-electron chi connectivity index (χ1n) is 2.56. The number of anilines is 1. The average Bonchev–Trinajstić information content (AvgIpc) is 1.90. The maximum atomic E-state index is 4.77. The molecule has 48 valence electrons. The molecule has 0 bridgehead atoms. The molecule has 2 N–H and O–H groups in total. The number of nitrogens with one attached hydrogen (secondary N) is 2. The molecule has 0 unspecified atom stereocenters. The minimum Gasteiger partial charge on any atom is -0.372 e. The van der Waals surface area contributed by atoms with Crippen LogP contribution in [0.25, 0.3) is 0 Å². The molecule has 0 amide bonds. The molecule has 0 radical (unpaired) electrons. The molecule has 4 heteroatoms. The maximum Gasteiger partial charge on any atom is 0.146 e. The summed E-state index contributed by atoms with van der Waals surface area (Å²) in [5, 5.41) is 9.38. The summed E-state index contributed by atoms with van der Waals surface area (Å²) in [7, 11) is 1.80. The summed E-state index contributed by atoms with van der Waals surface area (Å²) in [4.78, 5) is 0. The topological polar surface area (TPSA) is 40.7 Å². The predicted octanol–water partition coefficient (Wildman–Crippen LogP) is 1.18. The molecule has 0 saturated carbocycles. The highest BCUT2D eigenvalue weighted by Crippen LogP contribution is 1.95. The second-order valence-electron chi connectivity index (χ2n) is 1.56. The highest BCUT2D eigenvalue weighted by Gasteiger charge is 1.83. The zero-order valence-corrected chi connectivity index (χ0v) is 5.83. The standard InChI is InChI=1S/C5H7N3S/c1-6-4-2-3-5(9)8-7-4/h2-3H,1H3,(H,6,7)(H,8,9). The van der Waals surface area contributed by atoms with E-state index in [4.69, 9.17) is 12.2 Å². The Balaban J connectivity index is 3.02. The van der Waals surface area contributed by atoms with E-state index in [1.54, 1.807) is 13.1 Å². The van der Waals surface area contributed by atoms with E-state index in [0.29, 0.717) is 4.64 Å². The number of hydrogen-bond donors (Lipinski definition) is 2. The number of H-pyrrole nitrogens is 1. The van der Waals surface area contributed by atoms with E-state index in [1.165, 1.54) is 0 Å². The van der Waals surface area contributed by atoms with Gasteiger partial charge in [0.2, 0.25) is 0 Å². The smallest absolute Gasteiger partial charge is 0.146 e. The van der Waals surface area contributed by atoms with Gasteiger partial charge in [0.1, 0.15) is 10.5 Å². The van der Waals surface area contributed by atoms with Gasteiger partial charge in [0.15, 0.2) is 0 Å². The molecule has 0 aliphatic rings. The van der Waals surface area contributed by atoms with Gasteiger partial charge < -0.3 is 5.32 Å². The molecule has 1 rings (SSSR count). The van der Waals surface area contributed by atoms with Gasteiger partial charge >= 0.3 is 0 Å². The average molecular weight is 141 g/mol. The molecule has 3 nitrogen and oxygen atoms in total. The van der Waals surface area contributed by atoms with E-state index < -0.39 is 0 Å². The Kier molecular flexibility index (Phi) is 1.79. The second-order valence-corrected chi connectivity index (χ2v) is 2.00. The van der Waals surface area contributed by atoms with Crippen LogP contribution in [0.3, 0.4) is 0 Å². The van der Waals surface area contributed by atoms with Crippen molar-refractivity contribution in [1.29, 1.82) is 0 Å². The van der Waals surface area contributed by atoms with Crippen molar-refractivity contribution in [2.24, 2.45) is 0 Å². The van der Waals surface area contributed by atoms with Crippen LogP contribution in [0.5, 0.6) is 0 Å². The normalized spacial score (nSPS) is 9.00. The minimum atomic E-state index is 0.647. The third kappa shape index (κ3) is 1.50. The number of nitrogens with zero attached hydrogens (tertiary/aromatic N) is 1. The van der Waals surface area contributed by atoms with Crippen molar-refractivity contribution in [3.8, 4) is 0 Å². The first kappa shape index (κ1) is 6.22. The van der Waals surface area contributed by atoms with Crippen molar-refractivity contribution in [3.05, 3.63) is 16.8 Å². The van der Waals surface area contributed by atoms with E-state index in [0.717, 1.165) is 5.82 Å². The van der Waals surface area contributed by atoms with E-state index in [9.17, 15) is 0 Å². The summed E-state index contributed by atoms with van der Waals surface area (Å²) >= 11 is 4.77. The van der Waals surface area contributed by atoms with Crippen molar-refractivity contribution in [1.82, 2.24) is 10.2 Å². The molecule has 0 aliphatic carbocycles.